The van der Waals surface area contributed by atoms with Crippen LogP contribution in [0.4, 0.5) is 0 Å². The quantitative estimate of drug-likeness (QED) is 0.577. The Balaban J connectivity index is 2.18. The number of carbonyl (C=O) groups is 3. The number of amides is 2. The van der Waals surface area contributed by atoms with E-state index in [-0.39, 0.29) is 17.5 Å². The summed E-state index contributed by atoms with van der Waals surface area (Å²) in [6.45, 7) is 1.58. The number of hydroxylamine groups is 2. The van der Waals surface area contributed by atoms with Crippen molar-refractivity contribution in [3.8, 4) is 11.8 Å². The fourth-order valence-electron chi connectivity index (χ4n) is 1.54. The van der Waals surface area contributed by atoms with E-state index in [4.69, 9.17) is 4.84 Å². The molecule has 5 heteroatoms. The van der Waals surface area contributed by atoms with E-state index >= 15 is 0 Å². The molecule has 18 heavy (non-hydrogen) atoms. The summed E-state index contributed by atoms with van der Waals surface area (Å²) in [6.07, 6.45) is -0.163. The van der Waals surface area contributed by atoms with E-state index in [1.807, 2.05) is 0 Å². The average molecular weight is 243 g/mol. The largest absolute Gasteiger partial charge is 0.345 e. The number of benzene rings is 1. The molecule has 0 N–H and O–H groups in total. The van der Waals surface area contributed by atoms with Gasteiger partial charge >= 0.3 is 5.97 Å². The average Bonchev–Trinajstić information content (AvgIpc) is 2.62. The van der Waals surface area contributed by atoms with Crippen molar-refractivity contribution < 1.29 is 19.2 Å². The molecular formula is C13H9NO4. The van der Waals surface area contributed by atoms with Gasteiger partial charge < -0.3 is 4.84 Å². The van der Waals surface area contributed by atoms with Crippen LogP contribution >= 0.6 is 0 Å². The zero-order chi connectivity index (χ0) is 13.1. The fraction of sp³-hybridized carbons (Fsp3) is 0.154. The highest BCUT2D eigenvalue weighted by Crippen LogP contribution is 2.22. The summed E-state index contributed by atoms with van der Waals surface area (Å²) in [5.41, 5.74) is 0.466. The fourth-order valence-corrected chi connectivity index (χ4v) is 1.54. The third-order valence-corrected chi connectivity index (χ3v) is 2.36. The van der Waals surface area contributed by atoms with Crippen molar-refractivity contribution in [3.05, 3.63) is 35.4 Å². The SMILES string of the molecule is CC#CCC(=O)ON1C(=O)c2ccccc2C1=O. The molecule has 2 rings (SSSR count). The standard InChI is InChI=1S/C13H9NO4/c1-2-3-8-11(15)18-14-12(16)9-6-4-5-7-10(9)13(14)17/h4-7H,8H2,1H3. The normalized spacial score (nSPS) is 12.8. The van der Waals surface area contributed by atoms with Crippen LogP contribution in [-0.4, -0.2) is 22.8 Å². The summed E-state index contributed by atoms with van der Waals surface area (Å²) in [4.78, 5) is 39.7. The van der Waals surface area contributed by atoms with E-state index in [1.54, 1.807) is 19.1 Å². The molecule has 1 aliphatic rings. The zero-order valence-corrected chi connectivity index (χ0v) is 9.60. The van der Waals surface area contributed by atoms with Crippen LogP contribution in [0.3, 0.4) is 0 Å². The summed E-state index contributed by atoms with van der Waals surface area (Å²) < 4.78 is 0. The second kappa shape index (κ2) is 4.72. The minimum absolute atomic E-state index is 0.163. The molecule has 0 spiro atoms. The molecule has 1 aromatic rings. The first kappa shape index (κ1) is 11.9. The number of hydrogen-bond acceptors (Lipinski definition) is 4. The van der Waals surface area contributed by atoms with E-state index in [0.717, 1.165) is 0 Å². The summed E-state index contributed by atoms with van der Waals surface area (Å²) in [5.74, 6) is 3.02. The molecule has 0 radical (unpaired) electrons. The second-order valence-corrected chi connectivity index (χ2v) is 3.52. The maximum Gasteiger partial charge on any atom is 0.345 e. The number of carbonyl (C=O) groups excluding carboxylic acids is 3. The topological polar surface area (TPSA) is 63.7 Å². The smallest absolute Gasteiger partial charge is 0.329 e. The van der Waals surface area contributed by atoms with Crippen LogP contribution in [0.2, 0.25) is 0 Å². The highest BCUT2D eigenvalue weighted by molar-refractivity contribution is 6.20. The predicted molar refractivity (Wildman–Crippen MR) is 61.1 cm³/mol. The van der Waals surface area contributed by atoms with Gasteiger partial charge in [-0.2, -0.15) is 0 Å². The van der Waals surface area contributed by atoms with Gasteiger partial charge in [0.1, 0.15) is 6.42 Å². The van der Waals surface area contributed by atoms with Crippen LogP contribution in [0.25, 0.3) is 0 Å². The van der Waals surface area contributed by atoms with Crippen LogP contribution in [0.1, 0.15) is 34.1 Å². The summed E-state index contributed by atoms with van der Waals surface area (Å²) in [7, 11) is 0. The molecule has 1 heterocycles. The van der Waals surface area contributed by atoms with E-state index in [0.29, 0.717) is 5.06 Å². The Bertz CT molecular complexity index is 559. The molecule has 5 nitrogen and oxygen atoms in total. The molecule has 0 aliphatic carbocycles. The first-order valence-electron chi connectivity index (χ1n) is 5.23. The maximum atomic E-state index is 11.8. The Morgan fingerprint density at radius 3 is 2.28 bits per heavy atom. The molecule has 0 saturated carbocycles. The van der Waals surface area contributed by atoms with Crippen molar-refractivity contribution in [3.63, 3.8) is 0 Å². The molecule has 0 fully saturated rings. The molecular weight excluding hydrogens is 234 g/mol. The van der Waals surface area contributed by atoms with Crippen LogP contribution in [0.15, 0.2) is 24.3 Å². The third kappa shape index (κ3) is 1.96. The predicted octanol–water partition coefficient (Wildman–Crippen LogP) is 1.15. The molecule has 90 valence electrons. The number of imide groups is 1. The molecule has 1 aromatic carbocycles. The number of hydrogen-bond donors (Lipinski definition) is 0. The van der Waals surface area contributed by atoms with Crippen LogP contribution in [0.5, 0.6) is 0 Å². The van der Waals surface area contributed by atoms with Gasteiger partial charge in [0.2, 0.25) is 0 Å². The molecule has 1 aliphatic heterocycles. The van der Waals surface area contributed by atoms with E-state index < -0.39 is 17.8 Å². The van der Waals surface area contributed by atoms with E-state index in [1.165, 1.54) is 12.1 Å². The molecule has 2 amide bonds. The highest BCUT2D eigenvalue weighted by atomic mass is 16.7. The molecule has 0 atom stereocenters. The van der Waals surface area contributed by atoms with Gasteiger partial charge in [-0.3, -0.25) is 9.59 Å². The third-order valence-electron chi connectivity index (χ3n) is 2.36. The monoisotopic (exact) mass is 243 g/mol. The Morgan fingerprint density at radius 1 is 1.22 bits per heavy atom. The van der Waals surface area contributed by atoms with Crippen molar-refractivity contribution in [2.45, 2.75) is 13.3 Å². The van der Waals surface area contributed by atoms with Crippen LogP contribution in [0, 0.1) is 11.8 Å². The molecule has 0 saturated heterocycles. The van der Waals surface area contributed by atoms with Crippen LogP contribution < -0.4 is 0 Å². The van der Waals surface area contributed by atoms with Gasteiger partial charge in [-0.1, -0.05) is 23.1 Å². The van der Waals surface area contributed by atoms with Crippen molar-refractivity contribution in [2.75, 3.05) is 0 Å². The van der Waals surface area contributed by atoms with Gasteiger partial charge in [-0.25, -0.2) is 4.79 Å². The van der Waals surface area contributed by atoms with Crippen molar-refractivity contribution in [2.24, 2.45) is 0 Å². The summed E-state index contributed by atoms with van der Waals surface area (Å²) in [5, 5.41) is 0.477. The van der Waals surface area contributed by atoms with Gasteiger partial charge in [-0.05, 0) is 19.1 Å². The van der Waals surface area contributed by atoms with Gasteiger partial charge in [0.25, 0.3) is 11.8 Å². The number of rotatable bonds is 2. The summed E-state index contributed by atoms with van der Waals surface area (Å²) >= 11 is 0. The van der Waals surface area contributed by atoms with Crippen molar-refractivity contribution in [1.29, 1.82) is 0 Å². The number of nitrogens with zero attached hydrogens (tertiary/aromatic N) is 1. The zero-order valence-electron chi connectivity index (χ0n) is 9.60. The Labute approximate surface area is 103 Å². The second-order valence-electron chi connectivity index (χ2n) is 3.52. The first-order chi connectivity index (χ1) is 8.65. The van der Waals surface area contributed by atoms with Gasteiger partial charge in [0, 0.05) is 0 Å². The minimum atomic E-state index is -0.737. The lowest BCUT2D eigenvalue weighted by Crippen LogP contribution is -2.32. The Morgan fingerprint density at radius 2 is 1.78 bits per heavy atom. The molecule has 0 unspecified atom stereocenters. The maximum absolute atomic E-state index is 11.8. The minimum Gasteiger partial charge on any atom is -0.329 e. The Kier molecular flexibility index (Phi) is 3.11. The highest BCUT2D eigenvalue weighted by Gasteiger charge is 2.38. The van der Waals surface area contributed by atoms with Crippen molar-refractivity contribution >= 4 is 17.8 Å². The van der Waals surface area contributed by atoms with Crippen molar-refractivity contribution in [1.82, 2.24) is 5.06 Å². The van der Waals surface area contributed by atoms with E-state index in [2.05, 4.69) is 11.8 Å². The lowest BCUT2D eigenvalue weighted by molar-refractivity contribution is -0.167. The first-order valence-corrected chi connectivity index (χ1v) is 5.23. The van der Waals surface area contributed by atoms with Crippen LogP contribution in [-0.2, 0) is 9.63 Å². The van der Waals surface area contributed by atoms with Gasteiger partial charge in [-0.15, -0.1) is 5.92 Å². The molecule has 0 bridgehead atoms. The number of fused-ring (bicyclic) bond motifs is 1. The lowest BCUT2D eigenvalue weighted by atomic mass is 10.1. The Hall–Kier alpha value is -2.61. The molecule has 0 aromatic heterocycles. The van der Waals surface area contributed by atoms with Gasteiger partial charge in [0.05, 0.1) is 11.1 Å². The lowest BCUT2D eigenvalue weighted by Gasteiger charge is -2.11. The van der Waals surface area contributed by atoms with E-state index in [9.17, 15) is 14.4 Å². The van der Waals surface area contributed by atoms with Gasteiger partial charge in [0.15, 0.2) is 0 Å². The summed E-state index contributed by atoms with van der Waals surface area (Å²) in [6, 6.07) is 6.29.